The Morgan fingerprint density at radius 1 is 1.16 bits per heavy atom. The van der Waals surface area contributed by atoms with E-state index in [9.17, 15) is 4.79 Å². The zero-order valence-electron chi connectivity index (χ0n) is 12.1. The van der Waals surface area contributed by atoms with Crippen molar-refractivity contribution in [2.45, 2.75) is 46.0 Å². The van der Waals surface area contributed by atoms with Gasteiger partial charge in [-0.25, -0.2) is 0 Å². The molecule has 0 fully saturated rings. The first kappa shape index (κ1) is 14.1. The second-order valence-corrected chi connectivity index (χ2v) is 5.28. The van der Waals surface area contributed by atoms with E-state index in [2.05, 4.69) is 13.8 Å². The monoisotopic (exact) mass is 261 g/mol. The first-order valence-electron chi connectivity index (χ1n) is 7.04. The largest absolute Gasteiger partial charge is 0.496 e. The van der Waals surface area contributed by atoms with Crippen LogP contribution < -0.4 is 10.5 Å². The van der Waals surface area contributed by atoms with Crippen molar-refractivity contribution >= 4 is 5.78 Å². The van der Waals surface area contributed by atoms with Gasteiger partial charge < -0.3 is 10.5 Å². The summed E-state index contributed by atoms with van der Waals surface area (Å²) in [5.41, 5.74) is 11.3. The minimum atomic E-state index is 0.105. The highest BCUT2D eigenvalue weighted by Crippen LogP contribution is 2.37. The van der Waals surface area contributed by atoms with E-state index < -0.39 is 0 Å². The lowest BCUT2D eigenvalue weighted by Crippen LogP contribution is -2.16. The molecule has 3 nitrogen and oxygen atoms in total. The van der Waals surface area contributed by atoms with Crippen molar-refractivity contribution in [3.8, 4) is 5.75 Å². The molecule has 0 bridgehead atoms. The van der Waals surface area contributed by atoms with E-state index >= 15 is 0 Å². The van der Waals surface area contributed by atoms with Gasteiger partial charge in [0.1, 0.15) is 5.75 Å². The summed E-state index contributed by atoms with van der Waals surface area (Å²) in [5.74, 6) is 0.866. The molecule has 1 aromatic rings. The number of methoxy groups -OCH3 is 1. The van der Waals surface area contributed by atoms with Crippen molar-refractivity contribution in [1.82, 2.24) is 0 Å². The molecule has 1 aliphatic rings. The average molecular weight is 261 g/mol. The van der Waals surface area contributed by atoms with E-state index in [1.165, 1.54) is 24.0 Å². The molecule has 2 N–H and O–H groups in total. The quantitative estimate of drug-likeness (QED) is 0.848. The number of hydrogen-bond donors (Lipinski definition) is 1. The maximum Gasteiger partial charge on any atom is 0.168 e. The lowest BCUT2D eigenvalue weighted by Gasteiger charge is -2.25. The number of fused-ring (bicyclic) bond motifs is 1. The molecule has 0 atom stereocenters. The molecule has 19 heavy (non-hydrogen) atoms. The SMILES string of the molecule is COc1c(C)c2c(c(C)c1C(=O)CCN)CCCC2. The zero-order valence-corrected chi connectivity index (χ0v) is 12.1. The summed E-state index contributed by atoms with van der Waals surface area (Å²) < 4.78 is 5.53. The third-order valence-corrected chi connectivity index (χ3v) is 4.17. The van der Waals surface area contributed by atoms with Crippen LogP contribution in [0.25, 0.3) is 0 Å². The fourth-order valence-corrected chi connectivity index (χ4v) is 3.23. The van der Waals surface area contributed by atoms with Crippen molar-refractivity contribution in [3.05, 3.63) is 27.8 Å². The van der Waals surface area contributed by atoms with Crippen molar-refractivity contribution in [2.75, 3.05) is 13.7 Å². The number of benzene rings is 1. The maximum absolute atomic E-state index is 12.3. The minimum Gasteiger partial charge on any atom is -0.496 e. The Kier molecular flexibility index (Phi) is 4.25. The molecule has 0 amide bonds. The van der Waals surface area contributed by atoms with Crippen LogP contribution in [0.1, 0.15) is 51.9 Å². The second kappa shape index (κ2) is 5.74. The number of carbonyl (C=O) groups excluding carboxylic acids is 1. The van der Waals surface area contributed by atoms with E-state index in [0.717, 1.165) is 35.3 Å². The fourth-order valence-electron chi connectivity index (χ4n) is 3.23. The van der Waals surface area contributed by atoms with Gasteiger partial charge >= 0.3 is 0 Å². The van der Waals surface area contributed by atoms with E-state index in [4.69, 9.17) is 10.5 Å². The number of ketones is 1. The van der Waals surface area contributed by atoms with E-state index in [0.29, 0.717) is 13.0 Å². The number of rotatable bonds is 4. The zero-order chi connectivity index (χ0) is 14.0. The molecule has 3 heteroatoms. The molecule has 0 saturated heterocycles. The van der Waals surface area contributed by atoms with Crippen LogP contribution >= 0.6 is 0 Å². The first-order chi connectivity index (χ1) is 9.11. The molecule has 0 radical (unpaired) electrons. The Morgan fingerprint density at radius 3 is 2.26 bits per heavy atom. The molecule has 1 aromatic carbocycles. The molecule has 2 rings (SSSR count). The van der Waals surface area contributed by atoms with Gasteiger partial charge in [-0.15, -0.1) is 0 Å². The number of Topliss-reactive ketones (excluding diaryl/α,β-unsaturated/α-hetero) is 1. The summed E-state index contributed by atoms with van der Waals surface area (Å²) in [4.78, 5) is 12.3. The van der Waals surface area contributed by atoms with Gasteiger partial charge in [0, 0.05) is 6.42 Å². The molecule has 0 spiro atoms. The minimum absolute atomic E-state index is 0.105. The molecule has 0 aliphatic heterocycles. The normalized spacial score (nSPS) is 14.1. The van der Waals surface area contributed by atoms with Crippen LogP contribution in [0.3, 0.4) is 0 Å². The second-order valence-electron chi connectivity index (χ2n) is 5.28. The molecule has 0 aromatic heterocycles. The number of carbonyl (C=O) groups is 1. The van der Waals surface area contributed by atoms with E-state index in [1.807, 2.05) is 0 Å². The smallest absolute Gasteiger partial charge is 0.168 e. The standard InChI is InChI=1S/C16H23NO2/c1-10-12-6-4-5-7-13(12)11(2)16(19-3)15(10)14(18)8-9-17/h4-9,17H2,1-3H3. The summed E-state index contributed by atoms with van der Waals surface area (Å²) >= 11 is 0. The number of nitrogens with two attached hydrogens (primary N) is 1. The number of ether oxygens (including phenoxy) is 1. The molecule has 104 valence electrons. The predicted octanol–water partition coefficient (Wildman–Crippen LogP) is 2.72. The molecular weight excluding hydrogens is 238 g/mol. The highest BCUT2D eigenvalue weighted by atomic mass is 16.5. The van der Waals surface area contributed by atoms with E-state index in [-0.39, 0.29) is 5.78 Å². The molecular formula is C16H23NO2. The highest BCUT2D eigenvalue weighted by molar-refractivity contribution is 6.01. The molecule has 0 heterocycles. The van der Waals surface area contributed by atoms with Crippen LogP contribution in [-0.2, 0) is 12.8 Å². The molecule has 1 aliphatic carbocycles. The molecule has 0 saturated carbocycles. The summed E-state index contributed by atoms with van der Waals surface area (Å²) in [5, 5.41) is 0. The van der Waals surface area contributed by atoms with Crippen LogP contribution in [0, 0.1) is 13.8 Å². The topological polar surface area (TPSA) is 52.3 Å². The van der Waals surface area contributed by atoms with Crippen molar-refractivity contribution in [3.63, 3.8) is 0 Å². The Morgan fingerprint density at radius 2 is 1.74 bits per heavy atom. The summed E-state index contributed by atoms with van der Waals surface area (Å²) in [6, 6.07) is 0. The van der Waals surface area contributed by atoms with Gasteiger partial charge in [0.2, 0.25) is 0 Å². The lowest BCUT2D eigenvalue weighted by atomic mass is 9.82. The summed E-state index contributed by atoms with van der Waals surface area (Å²) in [6.45, 7) is 4.51. The van der Waals surface area contributed by atoms with Gasteiger partial charge in [0.05, 0.1) is 12.7 Å². The van der Waals surface area contributed by atoms with Crippen molar-refractivity contribution in [1.29, 1.82) is 0 Å². The van der Waals surface area contributed by atoms with Gasteiger partial charge in [-0.3, -0.25) is 4.79 Å². The van der Waals surface area contributed by atoms with Crippen molar-refractivity contribution in [2.24, 2.45) is 5.73 Å². The van der Waals surface area contributed by atoms with Crippen molar-refractivity contribution < 1.29 is 9.53 Å². The van der Waals surface area contributed by atoms with Crippen LogP contribution in [-0.4, -0.2) is 19.4 Å². The summed E-state index contributed by atoms with van der Waals surface area (Å²) in [6.07, 6.45) is 5.00. The van der Waals surface area contributed by atoms with Gasteiger partial charge in [0.15, 0.2) is 5.78 Å². The van der Waals surface area contributed by atoms with Gasteiger partial charge in [0.25, 0.3) is 0 Å². The number of hydrogen-bond acceptors (Lipinski definition) is 3. The summed E-state index contributed by atoms with van der Waals surface area (Å²) in [7, 11) is 1.65. The third kappa shape index (κ3) is 2.39. The lowest BCUT2D eigenvalue weighted by molar-refractivity contribution is 0.0981. The Bertz CT molecular complexity index is 506. The average Bonchev–Trinajstić information content (AvgIpc) is 2.42. The first-order valence-corrected chi connectivity index (χ1v) is 7.04. The van der Waals surface area contributed by atoms with Gasteiger partial charge in [-0.1, -0.05) is 0 Å². The van der Waals surface area contributed by atoms with Crippen LogP contribution in [0.2, 0.25) is 0 Å². The predicted molar refractivity (Wildman–Crippen MR) is 77.1 cm³/mol. The van der Waals surface area contributed by atoms with E-state index in [1.54, 1.807) is 7.11 Å². The Hall–Kier alpha value is -1.35. The van der Waals surface area contributed by atoms with Crippen LogP contribution in [0.5, 0.6) is 5.75 Å². The Balaban J connectivity index is 2.64. The van der Waals surface area contributed by atoms with Gasteiger partial charge in [-0.05, 0) is 68.3 Å². The highest BCUT2D eigenvalue weighted by Gasteiger charge is 2.25. The van der Waals surface area contributed by atoms with Crippen LogP contribution in [0.15, 0.2) is 0 Å². The van der Waals surface area contributed by atoms with Crippen LogP contribution in [0.4, 0.5) is 0 Å². The van der Waals surface area contributed by atoms with Gasteiger partial charge in [-0.2, -0.15) is 0 Å². The third-order valence-electron chi connectivity index (χ3n) is 4.17. The molecule has 0 unspecified atom stereocenters. The fraction of sp³-hybridized carbons (Fsp3) is 0.562. The Labute approximate surface area is 115 Å². The maximum atomic E-state index is 12.3.